The quantitative estimate of drug-likeness (QED) is 0.926. The highest BCUT2D eigenvalue weighted by molar-refractivity contribution is 5.51. The number of benzene rings is 1. The van der Waals surface area contributed by atoms with Crippen molar-refractivity contribution >= 4 is 5.69 Å². The number of rotatable bonds is 4. The third kappa shape index (κ3) is 4.11. The van der Waals surface area contributed by atoms with Gasteiger partial charge in [-0.3, -0.25) is 0 Å². The van der Waals surface area contributed by atoms with Crippen molar-refractivity contribution in [1.29, 1.82) is 0 Å². The largest absolute Gasteiger partial charge is 0.491 e. The molecule has 0 spiro atoms. The number of hydrogen-bond acceptors (Lipinski definition) is 4. The summed E-state index contributed by atoms with van der Waals surface area (Å²) in [7, 11) is 0. The zero-order valence-electron chi connectivity index (χ0n) is 12.7. The fourth-order valence-corrected chi connectivity index (χ4v) is 3.06. The molecule has 4 nitrogen and oxygen atoms in total. The molecule has 116 valence electrons. The van der Waals surface area contributed by atoms with Gasteiger partial charge in [0.15, 0.2) is 0 Å². The Morgan fingerprint density at radius 1 is 1.19 bits per heavy atom. The predicted octanol–water partition coefficient (Wildman–Crippen LogP) is 2.56. The molecule has 0 aromatic heterocycles. The Morgan fingerprint density at radius 3 is 2.81 bits per heavy atom. The van der Waals surface area contributed by atoms with E-state index in [1.165, 1.54) is 18.5 Å². The molecule has 2 aliphatic rings. The molecule has 0 amide bonds. The number of nitrogens with two attached hydrogens (primary N) is 1. The highest BCUT2D eigenvalue weighted by atomic mass is 16.5. The maximum absolute atomic E-state index is 5.97. The van der Waals surface area contributed by atoms with Crippen LogP contribution >= 0.6 is 0 Å². The molecule has 0 saturated carbocycles. The molecule has 0 bridgehead atoms. The maximum Gasteiger partial charge on any atom is 0.121 e. The van der Waals surface area contributed by atoms with Gasteiger partial charge in [0.1, 0.15) is 12.4 Å². The van der Waals surface area contributed by atoms with E-state index in [4.69, 9.17) is 15.2 Å². The van der Waals surface area contributed by atoms with Crippen molar-refractivity contribution in [3.8, 4) is 5.75 Å². The van der Waals surface area contributed by atoms with Crippen LogP contribution in [0.4, 0.5) is 5.69 Å². The van der Waals surface area contributed by atoms with E-state index < -0.39 is 0 Å². The Kier molecular flexibility index (Phi) is 4.99. The highest BCUT2D eigenvalue weighted by Crippen LogP contribution is 2.24. The summed E-state index contributed by atoms with van der Waals surface area (Å²) < 4.78 is 11.6. The normalized spacial score (nSPS) is 24.0. The second-order valence-corrected chi connectivity index (χ2v) is 6.12. The number of hydrogen-bond donors (Lipinski definition) is 1. The Morgan fingerprint density at radius 2 is 2.05 bits per heavy atom. The lowest BCUT2D eigenvalue weighted by Gasteiger charge is -2.32. The first-order valence-electron chi connectivity index (χ1n) is 8.16. The van der Waals surface area contributed by atoms with Gasteiger partial charge >= 0.3 is 0 Å². The van der Waals surface area contributed by atoms with E-state index in [-0.39, 0.29) is 6.10 Å². The first-order chi connectivity index (χ1) is 10.3. The highest BCUT2D eigenvalue weighted by Gasteiger charge is 2.17. The number of nitrogens with zero attached hydrogens (tertiary/aromatic N) is 1. The van der Waals surface area contributed by atoms with Crippen LogP contribution in [0, 0.1) is 0 Å². The summed E-state index contributed by atoms with van der Waals surface area (Å²) in [5.41, 5.74) is 7.21. The lowest BCUT2D eigenvalue weighted by atomic mass is 10.1. The minimum atomic E-state index is 0.260. The van der Waals surface area contributed by atoms with Gasteiger partial charge in [0, 0.05) is 37.5 Å². The summed E-state index contributed by atoms with van der Waals surface area (Å²) in [6.07, 6.45) is 5.95. The van der Waals surface area contributed by atoms with Crippen molar-refractivity contribution < 1.29 is 9.47 Å². The van der Waals surface area contributed by atoms with Crippen LogP contribution in [0.5, 0.6) is 5.75 Å². The minimum Gasteiger partial charge on any atom is -0.491 e. The topological polar surface area (TPSA) is 47.7 Å². The molecular formula is C17H26N2O2. The molecule has 2 fully saturated rings. The van der Waals surface area contributed by atoms with Crippen molar-refractivity contribution in [1.82, 2.24) is 0 Å². The molecule has 2 aliphatic heterocycles. The van der Waals surface area contributed by atoms with Gasteiger partial charge in [0.25, 0.3) is 0 Å². The van der Waals surface area contributed by atoms with Gasteiger partial charge < -0.3 is 20.1 Å². The Bertz CT molecular complexity index is 438. The van der Waals surface area contributed by atoms with Crippen LogP contribution in [0.2, 0.25) is 0 Å². The zero-order chi connectivity index (χ0) is 14.5. The van der Waals surface area contributed by atoms with Gasteiger partial charge in [0.05, 0.1) is 6.10 Å². The molecule has 1 aromatic carbocycles. The van der Waals surface area contributed by atoms with Crippen LogP contribution in [-0.4, -0.2) is 38.4 Å². The summed E-state index contributed by atoms with van der Waals surface area (Å²) >= 11 is 0. The average molecular weight is 290 g/mol. The van der Waals surface area contributed by atoms with E-state index in [0.717, 1.165) is 44.7 Å². The second kappa shape index (κ2) is 7.14. The summed E-state index contributed by atoms with van der Waals surface area (Å²) in [5.74, 6) is 0.941. The Hall–Kier alpha value is -1.26. The summed E-state index contributed by atoms with van der Waals surface area (Å²) in [6.45, 7) is 3.61. The second-order valence-electron chi connectivity index (χ2n) is 6.12. The van der Waals surface area contributed by atoms with Crippen LogP contribution in [0.15, 0.2) is 24.3 Å². The van der Waals surface area contributed by atoms with Gasteiger partial charge in [-0.1, -0.05) is 6.07 Å². The number of anilines is 1. The van der Waals surface area contributed by atoms with Crippen molar-refractivity contribution in [3.63, 3.8) is 0 Å². The Labute approximate surface area is 127 Å². The summed E-state index contributed by atoms with van der Waals surface area (Å²) in [5, 5.41) is 0. The van der Waals surface area contributed by atoms with E-state index >= 15 is 0 Å². The minimum absolute atomic E-state index is 0.260. The zero-order valence-corrected chi connectivity index (χ0v) is 12.7. The molecule has 0 aliphatic carbocycles. The molecule has 3 rings (SSSR count). The molecular weight excluding hydrogens is 264 g/mol. The molecule has 1 atom stereocenters. The van der Waals surface area contributed by atoms with Gasteiger partial charge in [0.2, 0.25) is 0 Å². The number of piperidine rings is 1. The van der Waals surface area contributed by atoms with E-state index in [0.29, 0.717) is 12.6 Å². The molecule has 0 radical (unpaired) electrons. The van der Waals surface area contributed by atoms with Crippen LogP contribution < -0.4 is 15.4 Å². The molecule has 1 aromatic rings. The summed E-state index contributed by atoms with van der Waals surface area (Å²) in [6, 6.07) is 8.76. The van der Waals surface area contributed by atoms with Crippen LogP contribution in [-0.2, 0) is 4.74 Å². The van der Waals surface area contributed by atoms with Gasteiger partial charge in [-0.15, -0.1) is 0 Å². The molecule has 21 heavy (non-hydrogen) atoms. The lowest BCUT2D eigenvalue weighted by molar-refractivity contribution is -0.0110. The van der Waals surface area contributed by atoms with Crippen molar-refractivity contribution in [2.45, 2.75) is 44.2 Å². The van der Waals surface area contributed by atoms with E-state index in [2.05, 4.69) is 23.1 Å². The van der Waals surface area contributed by atoms with Gasteiger partial charge in [-0.25, -0.2) is 0 Å². The first-order valence-corrected chi connectivity index (χ1v) is 8.16. The standard InChI is InChI=1S/C17H26N2O2/c18-14-7-9-19(10-8-14)15-4-3-6-16(12-15)21-13-17-5-1-2-11-20-17/h3-4,6,12,14,17H,1-2,5,7-11,13,18H2. The average Bonchev–Trinajstić information content (AvgIpc) is 2.55. The van der Waals surface area contributed by atoms with Gasteiger partial charge in [-0.2, -0.15) is 0 Å². The van der Waals surface area contributed by atoms with E-state index in [1.807, 2.05) is 6.07 Å². The van der Waals surface area contributed by atoms with Crippen LogP contribution in [0.3, 0.4) is 0 Å². The van der Waals surface area contributed by atoms with Crippen LogP contribution in [0.25, 0.3) is 0 Å². The fourth-order valence-electron chi connectivity index (χ4n) is 3.06. The maximum atomic E-state index is 5.97. The number of ether oxygens (including phenoxy) is 2. The van der Waals surface area contributed by atoms with Gasteiger partial charge in [-0.05, 0) is 44.2 Å². The monoisotopic (exact) mass is 290 g/mol. The third-order valence-electron chi connectivity index (χ3n) is 4.43. The van der Waals surface area contributed by atoms with Crippen molar-refractivity contribution in [3.05, 3.63) is 24.3 Å². The SMILES string of the molecule is NC1CCN(c2cccc(OCC3CCCCO3)c2)CC1. The third-order valence-corrected chi connectivity index (χ3v) is 4.43. The molecule has 2 saturated heterocycles. The Balaban J connectivity index is 1.55. The summed E-state index contributed by atoms with van der Waals surface area (Å²) in [4.78, 5) is 2.40. The molecule has 1 unspecified atom stereocenters. The smallest absolute Gasteiger partial charge is 0.121 e. The molecule has 4 heteroatoms. The molecule has 2 N–H and O–H groups in total. The van der Waals surface area contributed by atoms with E-state index in [1.54, 1.807) is 0 Å². The van der Waals surface area contributed by atoms with Crippen molar-refractivity contribution in [2.24, 2.45) is 5.73 Å². The predicted molar refractivity (Wildman–Crippen MR) is 85.0 cm³/mol. The van der Waals surface area contributed by atoms with Crippen molar-refractivity contribution in [2.75, 3.05) is 31.2 Å². The lowest BCUT2D eigenvalue weighted by Crippen LogP contribution is -2.39. The van der Waals surface area contributed by atoms with Crippen LogP contribution in [0.1, 0.15) is 32.1 Å². The first kappa shape index (κ1) is 14.7. The van der Waals surface area contributed by atoms with E-state index in [9.17, 15) is 0 Å². The molecule has 2 heterocycles. The fraction of sp³-hybridized carbons (Fsp3) is 0.647.